The molecule has 0 aliphatic heterocycles. The van der Waals surface area contributed by atoms with Gasteiger partial charge in [-0.05, 0) is 24.0 Å². The molecule has 1 atom stereocenters. The highest BCUT2D eigenvalue weighted by Gasteiger charge is 2.24. The van der Waals surface area contributed by atoms with E-state index in [1.807, 2.05) is 6.07 Å². The third-order valence-corrected chi connectivity index (χ3v) is 2.68. The van der Waals surface area contributed by atoms with Gasteiger partial charge in [-0.15, -0.1) is 0 Å². The Morgan fingerprint density at radius 2 is 2.14 bits per heavy atom. The molecule has 1 aromatic heterocycles. The van der Waals surface area contributed by atoms with E-state index in [4.69, 9.17) is 17.2 Å². The summed E-state index contributed by atoms with van der Waals surface area (Å²) in [6, 6.07) is 1.88. The van der Waals surface area contributed by atoms with Crippen molar-refractivity contribution in [2.45, 2.75) is 25.3 Å². The van der Waals surface area contributed by atoms with Crippen LogP contribution in [0.4, 0.5) is 11.5 Å². The Balaban J connectivity index is 2.10. The van der Waals surface area contributed by atoms with Gasteiger partial charge in [0.1, 0.15) is 5.82 Å². The third kappa shape index (κ3) is 1.96. The lowest BCUT2D eigenvalue weighted by Gasteiger charge is -2.11. The van der Waals surface area contributed by atoms with Gasteiger partial charge in [-0.2, -0.15) is 0 Å². The van der Waals surface area contributed by atoms with E-state index in [-0.39, 0.29) is 6.04 Å². The number of hydrogen-bond donors (Lipinski definition) is 3. The predicted octanol–water partition coefficient (Wildman–Crippen LogP) is 1.05. The monoisotopic (exact) mass is 192 g/mol. The number of nitrogens with two attached hydrogens (primary N) is 3. The zero-order chi connectivity index (χ0) is 10.1. The van der Waals surface area contributed by atoms with Crippen molar-refractivity contribution in [1.29, 1.82) is 0 Å². The molecule has 1 aliphatic carbocycles. The SMILES string of the molecule is Nc1cc(C(N)CC2CC2)cnc1N. The summed E-state index contributed by atoms with van der Waals surface area (Å²) in [4.78, 5) is 4.00. The quantitative estimate of drug-likeness (QED) is 0.667. The van der Waals surface area contributed by atoms with Gasteiger partial charge in [0.25, 0.3) is 0 Å². The normalized spacial score (nSPS) is 18.1. The molecule has 4 heteroatoms. The van der Waals surface area contributed by atoms with E-state index in [0.717, 1.165) is 17.9 Å². The summed E-state index contributed by atoms with van der Waals surface area (Å²) in [5, 5.41) is 0. The lowest BCUT2D eigenvalue weighted by atomic mass is 10.0. The highest BCUT2D eigenvalue weighted by Crippen LogP contribution is 2.36. The van der Waals surface area contributed by atoms with Crippen molar-refractivity contribution < 1.29 is 0 Å². The van der Waals surface area contributed by atoms with Crippen LogP contribution in [0, 0.1) is 5.92 Å². The smallest absolute Gasteiger partial charge is 0.146 e. The second-order valence-corrected chi connectivity index (χ2v) is 4.03. The maximum Gasteiger partial charge on any atom is 0.146 e. The number of rotatable bonds is 3. The molecule has 1 saturated carbocycles. The molecule has 1 aliphatic rings. The van der Waals surface area contributed by atoms with Crippen molar-refractivity contribution >= 4 is 11.5 Å². The Morgan fingerprint density at radius 1 is 1.43 bits per heavy atom. The fraction of sp³-hybridized carbons (Fsp3) is 0.500. The molecule has 0 spiro atoms. The van der Waals surface area contributed by atoms with E-state index >= 15 is 0 Å². The second kappa shape index (κ2) is 3.46. The Bertz CT molecular complexity index is 333. The summed E-state index contributed by atoms with van der Waals surface area (Å²) in [6.45, 7) is 0. The van der Waals surface area contributed by atoms with Crippen molar-refractivity contribution in [2.75, 3.05) is 11.5 Å². The molecule has 1 aromatic rings. The molecule has 6 N–H and O–H groups in total. The summed E-state index contributed by atoms with van der Waals surface area (Å²) in [7, 11) is 0. The highest BCUT2D eigenvalue weighted by molar-refractivity contribution is 5.58. The predicted molar refractivity (Wildman–Crippen MR) is 57.3 cm³/mol. The first-order valence-corrected chi connectivity index (χ1v) is 4.93. The van der Waals surface area contributed by atoms with Crippen LogP contribution >= 0.6 is 0 Å². The first-order chi connectivity index (χ1) is 6.66. The minimum atomic E-state index is 0.0536. The van der Waals surface area contributed by atoms with E-state index in [0.29, 0.717) is 11.5 Å². The van der Waals surface area contributed by atoms with Crippen LogP contribution < -0.4 is 17.2 Å². The lowest BCUT2D eigenvalue weighted by molar-refractivity contribution is 0.595. The van der Waals surface area contributed by atoms with Gasteiger partial charge in [0.05, 0.1) is 5.69 Å². The van der Waals surface area contributed by atoms with Gasteiger partial charge >= 0.3 is 0 Å². The Labute approximate surface area is 83.5 Å². The van der Waals surface area contributed by atoms with Gasteiger partial charge in [0.2, 0.25) is 0 Å². The number of nitrogens with zero attached hydrogens (tertiary/aromatic N) is 1. The molecule has 2 rings (SSSR count). The van der Waals surface area contributed by atoms with Crippen LogP contribution in [0.2, 0.25) is 0 Å². The minimum absolute atomic E-state index is 0.0536. The van der Waals surface area contributed by atoms with Crippen LogP contribution in [0.1, 0.15) is 30.9 Å². The second-order valence-electron chi connectivity index (χ2n) is 4.03. The fourth-order valence-electron chi connectivity index (χ4n) is 1.56. The zero-order valence-corrected chi connectivity index (χ0v) is 8.11. The topological polar surface area (TPSA) is 91.0 Å². The van der Waals surface area contributed by atoms with Crippen LogP contribution in [0.5, 0.6) is 0 Å². The van der Waals surface area contributed by atoms with Gasteiger partial charge in [0.15, 0.2) is 0 Å². The average Bonchev–Trinajstić information content (AvgIpc) is 2.93. The highest BCUT2D eigenvalue weighted by atomic mass is 14.9. The Hall–Kier alpha value is -1.29. The van der Waals surface area contributed by atoms with Crippen molar-refractivity contribution in [2.24, 2.45) is 11.7 Å². The van der Waals surface area contributed by atoms with Gasteiger partial charge in [-0.1, -0.05) is 12.8 Å². The van der Waals surface area contributed by atoms with Crippen LogP contribution in [-0.4, -0.2) is 4.98 Å². The number of anilines is 2. The Kier molecular flexibility index (Phi) is 2.29. The summed E-state index contributed by atoms with van der Waals surface area (Å²) < 4.78 is 0. The molecule has 4 nitrogen and oxygen atoms in total. The summed E-state index contributed by atoms with van der Waals surface area (Å²) in [5.74, 6) is 1.19. The molecule has 0 saturated heterocycles. The van der Waals surface area contributed by atoms with E-state index in [2.05, 4.69) is 4.98 Å². The molecule has 1 unspecified atom stereocenters. The maximum atomic E-state index is 6.02. The van der Waals surface area contributed by atoms with Crippen molar-refractivity contribution in [3.63, 3.8) is 0 Å². The fourth-order valence-corrected chi connectivity index (χ4v) is 1.56. The number of hydrogen-bond acceptors (Lipinski definition) is 4. The molecule has 14 heavy (non-hydrogen) atoms. The van der Waals surface area contributed by atoms with E-state index in [1.54, 1.807) is 6.20 Å². The zero-order valence-electron chi connectivity index (χ0n) is 8.11. The molecule has 1 fully saturated rings. The minimum Gasteiger partial charge on any atom is -0.396 e. The van der Waals surface area contributed by atoms with Gasteiger partial charge in [0, 0.05) is 12.2 Å². The van der Waals surface area contributed by atoms with Crippen molar-refractivity contribution in [3.8, 4) is 0 Å². The van der Waals surface area contributed by atoms with Crippen LogP contribution in [-0.2, 0) is 0 Å². The molecule has 76 valence electrons. The third-order valence-electron chi connectivity index (χ3n) is 2.68. The summed E-state index contributed by atoms with van der Waals surface area (Å²) >= 11 is 0. The van der Waals surface area contributed by atoms with Crippen molar-refractivity contribution in [3.05, 3.63) is 17.8 Å². The molecule has 0 radical (unpaired) electrons. The molecular formula is C10H16N4. The first kappa shape index (κ1) is 9.27. The summed E-state index contributed by atoms with van der Waals surface area (Å²) in [5.41, 5.74) is 18.7. The van der Waals surface area contributed by atoms with Crippen molar-refractivity contribution in [1.82, 2.24) is 4.98 Å². The standard InChI is InChI=1S/C10H16N4/c11-8(3-6-1-2-6)7-4-9(12)10(13)14-5-7/h4-6,8H,1-3,11-12H2,(H2,13,14). The molecular weight excluding hydrogens is 176 g/mol. The molecule has 1 heterocycles. The van der Waals surface area contributed by atoms with Gasteiger partial charge < -0.3 is 17.2 Å². The van der Waals surface area contributed by atoms with E-state index in [1.165, 1.54) is 12.8 Å². The largest absolute Gasteiger partial charge is 0.396 e. The maximum absolute atomic E-state index is 6.02. The molecule has 0 aromatic carbocycles. The van der Waals surface area contributed by atoms with E-state index < -0.39 is 0 Å². The number of pyridine rings is 1. The molecule has 0 bridgehead atoms. The van der Waals surface area contributed by atoms with E-state index in [9.17, 15) is 0 Å². The van der Waals surface area contributed by atoms with Crippen LogP contribution in [0.3, 0.4) is 0 Å². The number of nitrogen functional groups attached to an aromatic ring is 2. The van der Waals surface area contributed by atoms with Gasteiger partial charge in [-0.25, -0.2) is 4.98 Å². The number of aromatic nitrogens is 1. The van der Waals surface area contributed by atoms with Crippen LogP contribution in [0.15, 0.2) is 12.3 Å². The summed E-state index contributed by atoms with van der Waals surface area (Å²) in [6.07, 6.45) is 5.38. The lowest BCUT2D eigenvalue weighted by Crippen LogP contribution is -2.12. The van der Waals surface area contributed by atoms with Gasteiger partial charge in [-0.3, -0.25) is 0 Å². The molecule has 0 amide bonds. The average molecular weight is 192 g/mol. The first-order valence-electron chi connectivity index (χ1n) is 4.93. The Morgan fingerprint density at radius 3 is 2.71 bits per heavy atom. The van der Waals surface area contributed by atoms with Crippen LogP contribution in [0.25, 0.3) is 0 Å².